The van der Waals surface area contributed by atoms with Gasteiger partial charge in [-0.15, -0.1) is 0 Å². The van der Waals surface area contributed by atoms with E-state index in [4.69, 9.17) is 16.7 Å². The molecule has 66 valence electrons. The minimum atomic E-state index is 0.160. The zero-order valence-corrected chi connectivity index (χ0v) is 7.59. The summed E-state index contributed by atoms with van der Waals surface area (Å²) in [7, 11) is 0. The number of aliphatic hydroxyl groups excluding tert-OH is 1. The number of benzene rings is 1. The molecule has 0 saturated carbocycles. The zero-order valence-electron chi connectivity index (χ0n) is 6.83. The number of halogens is 1. The highest BCUT2D eigenvalue weighted by molar-refractivity contribution is 6.30. The minimum Gasteiger partial charge on any atom is -0.396 e. The molecule has 3 heteroatoms. The maximum atomic E-state index is 8.69. The van der Waals surface area contributed by atoms with Gasteiger partial charge < -0.3 is 10.8 Å². The van der Waals surface area contributed by atoms with Crippen LogP contribution < -0.4 is 5.73 Å². The molecule has 1 rings (SSSR count). The van der Waals surface area contributed by atoms with Crippen LogP contribution in [0.2, 0.25) is 5.02 Å². The first kappa shape index (κ1) is 9.52. The van der Waals surface area contributed by atoms with Crippen LogP contribution in [0.5, 0.6) is 0 Å². The second kappa shape index (κ2) is 4.45. The second-order valence-electron chi connectivity index (χ2n) is 2.76. The smallest absolute Gasteiger partial charge is 0.112 e. The number of hydrogen-bond donors (Lipinski definition) is 2. The van der Waals surface area contributed by atoms with Crippen molar-refractivity contribution in [3.8, 4) is 0 Å². The van der Waals surface area contributed by atoms with Gasteiger partial charge in [0.25, 0.3) is 0 Å². The molecule has 0 heterocycles. The Bertz CT molecular complexity index is 235. The molecule has 0 amide bonds. The fourth-order valence-corrected chi connectivity index (χ4v) is 1.18. The van der Waals surface area contributed by atoms with Crippen LogP contribution in [0.1, 0.15) is 18.0 Å². The van der Waals surface area contributed by atoms with Gasteiger partial charge in [-0.25, -0.2) is 0 Å². The molecular formula is C9H13ClNO+. The van der Waals surface area contributed by atoms with Crippen LogP contribution in [0.25, 0.3) is 0 Å². The van der Waals surface area contributed by atoms with E-state index in [9.17, 15) is 0 Å². The summed E-state index contributed by atoms with van der Waals surface area (Å²) in [5.74, 6) is 0. The fourth-order valence-electron chi connectivity index (χ4n) is 1.06. The third-order valence-electron chi connectivity index (χ3n) is 1.82. The molecule has 0 aromatic heterocycles. The lowest BCUT2D eigenvalue weighted by molar-refractivity contribution is -0.428. The van der Waals surface area contributed by atoms with Gasteiger partial charge in [-0.3, -0.25) is 0 Å². The molecule has 1 atom stereocenters. The van der Waals surface area contributed by atoms with Gasteiger partial charge in [0.2, 0.25) is 0 Å². The van der Waals surface area contributed by atoms with Crippen molar-refractivity contribution < 1.29 is 10.8 Å². The molecule has 0 aliphatic heterocycles. The molecule has 1 aromatic rings. The Morgan fingerprint density at radius 3 is 2.42 bits per heavy atom. The Morgan fingerprint density at radius 1 is 1.33 bits per heavy atom. The minimum absolute atomic E-state index is 0.160. The Labute approximate surface area is 77.0 Å². The van der Waals surface area contributed by atoms with E-state index >= 15 is 0 Å². The molecule has 4 N–H and O–H groups in total. The topological polar surface area (TPSA) is 47.9 Å². The lowest BCUT2D eigenvalue weighted by atomic mass is 10.1. The van der Waals surface area contributed by atoms with Gasteiger partial charge in [-0.1, -0.05) is 23.7 Å². The zero-order chi connectivity index (χ0) is 8.97. The van der Waals surface area contributed by atoms with Crippen molar-refractivity contribution in [2.45, 2.75) is 12.5 Å². The van der Waals surface area contributed by atoms with Gasteiger partial charge in [-0.2, -0.15) is 0 Å². The third kappa shape index (κ3) is 2.48. The van der Waals surface area contributed by atoms with Crippen molar-refractivity contribution in [2.75, 3.05) is 6.61 Å². The van der Waals surface area contributed by atoms with Crippen LogP contribution >= 0.6 is 11.6 Å². The van der Waals surface area contributed by atoms with E-state index in [2.05, 4.69) is 5.73 Å². The summed E-state index contributed by atoms with van der Waals surface area (Å²) in [6.07, 6.45) is 0.696. The highest BCUT2D eigenvalue weighted by Crippen LogP contribution is 2.15. The van der Waals surface area contributed by atoms with E-state index in [1.54, 1.807) is 0 Å². The molecule has 0 aliphatic carbocycles. The van der Waals surface area contributed by atoms with Crippen LogP contribution in [0.4, 0.5) is 0 Å². The van der Waals surface area contributed by atoms with Crippen molar-refractivity contribution in [1.82, 2.24) is 0 Å². The van der Waals surface area contributed by atoms with Gasteiger partial charge in [0.05, 0.1) is 0 Å². The van der Waals surface area contributed by atoms with Crippen LogP contribution in [0.15, 0.2) is 24.3 Å². The second-order valence-corrected chi connectivity index (χ2v) is 3.20. The summed E-state index contributed by atoms with van der Waals surface area (Å²) < 4.78 is 0. The van der Waals surface area contributed by atoms with E-state index in [1.165, 1.54) is 0 Å². The predicted octanol–water partition coefficient (Wildman–Crippen LogP) is 1.01. The van der Waals surface area contributed by atoms with Crippen molar-refractivity contribution in [1.29, 1.82) is 0 Å². The summed E-state index contributed by atoms with van der Waals surface area (Å²) in [6.45, 7) is 0.177. The van der Waals surface area contributed by atoms with Gasteiger partial charge in [0, 0.05) is 23.6 Å². The van der Waals surface area contributed by atoms with E-state index < -0.39 is 0 Å². The quantitative estimate of drug-likeness (QED) is 0.727. The molecule has 1 aromatic carbocycles. The molecular weight excluding hydrogens is 174 g/mol. The monoisotopic (exact) mass is 186 g/mol. The number of aliphatic hydroxyl groups is 1. The molecule has 0 fully saturated rings. The standard InChI is InChI=1S/C9H12ClNO/c10-8-3-1-7(2-4-8)9(11)5-6-12/h1-4,9,12H,5-6,11H2/p+1/t9-/m0/s1. The van der Waals surface area contributed by atoms with Crippen LogP contribution in [0, 0.1) is 0 Å². The normalized spacial score (nSPS) is 12.9. The Kier molecular flexibility index (Phi) is 3.53. The lowest BCUT2D eigenvalue weighted by Crippen LogP contribution is -2.53. The van der Waals surface area contributed by atoms with Crippen molar-refractivity contribution in [3.63, 3.8) is 0 Å². The Morgan fingerprint density at radius 2 is 1.92 bits per heavy atom. The summed E-state index contributed by atoms with van der Waals surface area (Å²) in [6, 6.07) is 7.72. The molecule has 0 radical (unpaired) electrons. The third-order valence-corrected chi connectivity index (χ3v) is 2.07. The molecule has 0 unspecified atom stereocenters. The lowest BCUT2D eigenvalue weighted by Gasteiger charge is -2.06. The average Bonchev–Trinajstić information content (AvgIpc) is 2.06. The highest BCUT2D eigenvalue weighted by atomic mass is 35.5. The summed E-state index contributed by atoms with van der Waals surface area (Å²) in [4.78, 5) is 0. The van der Waals surface area contributed by atoms with Gasteiger partial charge in [-0.05, 0) is 12.1 Å². The fraction of sp³-hybridized carbons (Fsp3) is 0.333. The molecule has 2 nitrogen and oxygen atoms in total. The number of quaternary nitrogens is 1. The van der Waals surface area contributed by atoms with Crippen molar-refractivity contribution in [3.05, 3.63) is 34.9 Å². The van der Waals surface area contributed by atoms with E-state index in [0.717, 1.165) is 10.6 Å². The first-order valence-corrected chi connectivity index (χ1v) is 4.31. The van der Waals surface area contributed by atoms with Crippen LogP contribution in [0.3, 0.4) is 0 Å². The van der Waals surface area contributed by atoms with Crippen LogP contribution in [-0.2, 0) is 0 Å². The van der Waals surface area contributed by atoms with Crippen LogP contribution in [-0.4, -0.2) is 11.7 Å². The van der Waals surface area contributed by atoms with E-state index in [0.29, 0.717) is 6.42 Å². The summed E-state index contributed by atoms with van der Waals surface area (Å²) in [5, 5.41) is 9.42. The first-order chi connectivity index (χ1) is 5.74. The molecule has 0 spiro atoms. The SMILES string of the molecule is [NH3+][C@@H](CCO)c1ccc(Cl)cc1. The Hall–Kier alpha value is -0.570. The molecule has 0 saturated heterocycles. The van der Waals surface area contributed by atoms with Crippen molar-refractivity contribution in [2.24, 2.45) is 0 Å². The maximum absolute atomic E-state index is 8.69. The predicted molar refractivity (Wildman–Crippen MR) is 48.8 cm³/mol. The first-order valence-electron chi connectivity index (χ1n) is 3.93. The van der Waals surface area contributed by atoms with E-state index in [1.807, 2.05) is 24.3 Å². The summed E-state index contributed by atoms with van der Waals surface area (Å²) in [5.41, 5.74) is 5.04. The van der Waals surface area contributed by atoms with Gasteiger partial charge >= 0.3 is 0 Å². The highest BCUT2D eigenvalue weighted by Gasteiger charge is 2.07. The van der Waals surface area contributed by atoms with Gasteiger partial charge in [0.15, 0.2) is 0 Å². The molecule has 0 bridgehead atoms. The molecule has 0 aliphatic rings. The maximum Gasteiger partial charge on any atom is 0.112 e. The van der Waals surface area contributed by atoms with Gasteiger partial charge in [0.1, 0.15) is 6.04 Å². The number of hydrogen-bond acceptors (Lipinski definition) is 1. The molecule has 12 heavy (non-hydrogen) atoms. The average molecular weight is 187 g/mol. The number of rotatable bonds is 3. The largest absolute Gasteiger partial charge is 0.396 e. The summed E-state index contributed by atoms with van der Waals surface area (Å²) >= 11 is 5.72. The Balaban J connectivity index is 2.68. The van der Waals surface area contributed by atoms with E-state index in [-0.39, 0.29) is 12.6 Å². The van der Waals surface area contributed by atoms with Crippen molar-refractivity contribution >= 4 is 11.6 Å².